The van der Waals surface area contributed by atoms with Gasteiger partial charge >= 0.3 is 0 Å². The summed E-state index contributed by atoms with van der Waals surface area (Å²) >= 11 is 0. The smallest absolute Gasteiger partial charge is 0.227 e. The van der Waals surface area contributed by atoms with Gasteiger partial charge in [-0.2, -0.15) is 0 Å². The normalized spacial score (nSPS) is 11.3. The summed E-state index contributed by atoms with van der Waals surface area (Å²) in [6.07, 6.45) is 1.58. The lowest BCUT2D eigenvalue weighted by Crippen LogP contribution is -1.93. The van der Waals surface area contributed by atoms with Gasteiger partial charge in [-0.15, -0.1) is 0 Å². The minimum atomic E-state index is -0.276. The van der Waals surface area contributed by atoms with E-state index in [-0.39, 0.29) is 17.5 Å². The van der Waals surface area contributed by atoms with Gasteiger partial charge in [-0.25, -0.2) is 9.37 Å². The molecule has 3 rings (SSSR count). The molecule has 0 saturated heterocycles. The number of rotatable bonds is 3. The number of aromatic nitrogens is 1. The first-order chi connectivity index (χ1) is 10.5. The lowest BCUT2D eigenvalue weighted by atomic mass is 10.0. The van der Waals surface area contributed by atoms with Crippen LogP contribution in [-0.2, 0) is 0 Å². The van der Waals surface area contributed by atoms with Gasteiger partial charge in [0, 0.05) is 17.2 Å². The summed E-state index contributed by atoms with van der Waals surface area (Å²) in [7, 11) is 0. The van der Waals surface area contributed by atoms with Crippen molar-refractivity contribution in [2.45, 2.75) is 19.8 Å². The van der Waals surface area contributed by atoms with Crippen LogP contribution in [0.3, 0.4) is 0 Å². The molecular formula is C18H16FNO2. The predicted molar refractivity (Wildman–Crippen MR) is 85.2 cm³/mol. The number of nitrogens with zero attached hydrogens (tertiary/aromatic N) is 1. The van der Waals surface area contributed by atoms with Crippen LogP contribution in [0, 0.1) is 5.82 Å². The standard InChI is InChI=1S/C18H16FNO2/c1-4-11-7-13(21)9-16-17(11)22-18(20-16)12-5-6-14(10(2)3)15(19)8-12/h4-10,21H,1H2,2-3H3. The Morgan fingerprint density at radius 2 is 2.05 bits per heavy atom. The largest absolute Gasteiger partial charge is 0.508 e. The molecule has 0 spiro atoms. The van der Waals surface area contributed by atoms with Crippen molar-refractivity contribution in [1.82, 2.24) is 4.98 Å². The Hall–Kier alpha value is -2.62. The molecular weight excluding hydrogens is 281 g/mol. The van der Waals surface area contributed by atoms with Crippen molar-refractivity contribution in [1.29, 1.82) is 0 Å². The maximum absolute atomic E-state index is 14.1. The van der Waals surface area contributed by atoms with E-state index in [1.54, 1.807) is 24.3 Å². The second-order valence-electron chi connectivity index (χ2n) is 5.50. The Kier molecular flexibility index (Phi) is 3.45. The zero-order valence-corrected chi connectivity index (χ0v) is 12.4. The van der Waals surface area contributed by atoms with Crippen LogP contribution < -0.4 is 0 Å². The fourth-order valence-corrected chi connectivity index (χ4v) is 2.45. The van der Waals surface area contributed by atoms with Crippen LogP contribution in [0.4, 0.5) is 4.39 Å². The second-order valence-corrected chi connectivity index (χ2v) is 5.50. The van der Waals surface area contributed by atoms with E-state index in [0.29, 0.717) is 33.7 Å². The Bertz CT molecular complexity index is 865. The highest BCUT2D eigenvalue weighted by molar-refractivity contribution is 5.86. The molecule has 0 radical (unpaired) electrons. The van der Waals surface area contributed by atoms with Crippen molar-refractivity contribution in [3.63, 3.8) is 0 Å². The van der Waals surface area contributed by atoms with Crippen LogP contribution in [0.1, 0.15) is 30.9 Å². The van der Waals surface area contributed by atoms with Crippen LogP contribution in [0.15, 0.2) is 41.3 Å². The summed E-state index contributed by atoms with van der Waals surface area (Å²) in [5.74, 6) is 0.241. The summed E-state index contributed by atoms with van der Waals surface area (Å²) in [6.45, 7) is 7.57. The third-order valence-electron chi connectivity index (χ3n) is 3.59. The van der Waals surface area contributed by atoms with E-state index in [4.69, 9.17) is 4.42 Å². The average molecular weight is 297 g/mol. The van der Waals surface area contributed by atoms with Gasteiger partial charge in [-0.1, -0.05) is 32.6 Å². The van der Waals surface area contributed by atoms with Gasteiger partial charge in [-0.3, -0.25) is 0 Å². The number of benzene rings is 2. The van der Waals surface area contributed by atoms with Crippen molar-refractivity contribution in [3.05, 3.63) is 53.9 Å². The number of halogens is 1. The molecule has 112 valence electrons. The number of fused-ring (bicyclic) bond motifs is 1. The Morgan fingerprint density at radius 1 is 1.27 bits per heavy atom. The SMILES string of the molecule is C=Cc1cc(O)cc2nc(-c3ccc(C(C)C)c(F)c3)oc12. The molecule has 3 nitrogen and oxygen atoms in total. The van der Waals surface area contributed by atoms with E-state index in [0.717, 1.165) is 0 Å². The molecule has 3 aromatic rings. The highest BCUT2D eigenvalue weighted by Crippen LogP contribution is 2.31. The molecule has 1 heterocycles. The van der Waals surface area contributed by atoms with E-state index in [9.17, 15) is 9.50 Å². The van der Waals surface area contributed by atoms with Crippen molar-refractivity contribution in [2.24, 2.45) is 0 Å². The van der Waals surface area contributed by atoms with Gasteiger partial charge in [0.25, 0.3) is 0 Å². The number of hydrogen-bond donors (Lipinski definition) is 1. The topological polar surface area (TPSA) is 46.3 Å². The van der Waals surface area contributed by atoms with Gasteiger partial charge in [0.1, 0.15) is 17.1 Å². The molecule has 0 aliphatic heterocycles. The van der Waals surface area contributed by atoms with Gasteiger partial charge in [0.05, 0.1) is 0 Å². The lowest BCUT2D eigenvalue weighted by Gasteiger charge is -2.07. The molecule has 0 atom stereocenters. The first kappa shape index (κ1) is 14.3. The zero-order chi connectivity index (χ0) is 15.9. The molecule has 0 amide bonds. The molecule has 1 N–H and O–H groups in total. The predicted octanol–water partition coefficient (Wildman–Crippen LogP) is 5.11. The number of aromatic hydroxyl groups is 1. The van der Waals surface area contributed by atoms with Crippen molar-refractivity contribution in [3.8, 4) is 17.2 Å². The fourth-order valence-electron chi connectivity index (χ4n) is 2.45. The monoisotopic (exact) mass is 297 g/mol. The van der Waals surface area contributed by atoms with Gasteiger partial charge < -0.3 is 9.52 Å². The van der Waals surface area contributed by atoms with Gasteiger partial charge in [0.2, 0.25) is 5.89 Å². The summed E-state index contributed by atoms with van der Waals surface area (Å²) < 4.78 is 19.9. The van der Waals surface area contributed by atoms with Crippen molar-refractivity contribution < 1.29 is 13.9 Å². The van der Waals surface area contributed by atoms with E-state index >= 15 is 0 Å². The summed E-state index contributed by atoms with van der Waals surface area (Å²) in [4.78, 5) is 4.33. The lowest BCUT2D eigenvalue weighted by molar-refractivity contribution is 0.475. The molecule has 0 saturated carbocycles. The highest BCUT2D eigenvalue weighted by atomic mass is 19.1. The quantitative estimate of drug-likeness (QED) is 0.731. The summed E-state index contributed by atoms with van der Waals surface area (Å²) in [5.41, 5.74) is 2.90. The van der Waals surface area contributed by atoms with Crippen LogP contribution in [0.25, 0.3) is 28.6 Å². The minimum Gasteiger partial charge on any atom is -0.508 e. The summed E-state index contributed by atoms with van der Waals surface area (Å²) in [6, 6.07) is 8.01. The molecule has 1 aromatic heterocycles. The fraction of sp³-hybridized carbons (Fsp3) is 0.167. The van der Waals surface area contributed by atoms with E-state index < -0.39 is 0 Å². The van der Waals surface area contributed by atoms with Crippen molar-refractivity contribution >= 4 is 17.2 Å². The van der Waals surface area contributed by atoms with Crippen LogP contribution >= 0.6 is 0 Å². The maximum Gasteiger partial charge on any atom is 0.227 e. The first-order valence-electron chi connectivity index (χ1n) is 7.05. The first-order valence-corrected chi connectivity index (χ1v) is 7.05. The third-order valence-corrected chi connectivity index (χ3v) is 3.59. The molecule has 4 heteroatoms. The van der Waals surface area contributed by atoms with Crippen molar-refractivity contribution in [2.75, 3.05) is 0 Å². The number of phenolic OH excluding ortho intramolecular Hbond substituents is 1. The van der Waals surface area contributed by atoms with E-state index in [1.165, 1.54) is 12.1 Å². The maximum atomic E-state index is 14.1. The number of phenols is 1. The average Bonchev–Trinajstić information content (AvgIpc) is 2.89. The number of hydrogen-bond acceptors (Lipinski definition) is 3. The van der Waals surface area contributed by atoms with Gasteiger partial charge in [-0.05, 0) is 29.7 Å². The molecule has 22 heavy (non-hydrogen) atoms. The molecule has 0 unspecified atom stereocenters. The third kappa shape index (κ3) is 2.37. The van der Waals surface area contributed by atoms with Crippen LogP contribution in [0.5, 0.6) is 5.75 Å². The molecule has 2 aromatic carbocycles. The second kappa shape index (κ2) is 5.30. The molecule has 0 aliphatic rings. The van der Waals surface area contributed by atoms with Gasteiger partial charge in [0.15, 0.2) is 5.58 Å². The van der Waals surface area contributed by atoms with Crippen LogP contribution in [0.2, 0.25) is 0 Å². The van der Waals surface area contributed by atoms with Crippen LogP contribution in [-0.4, -0.2) is 10.1 Å². The Balaban J connectivity index is 2.15. The highest BCUT2D eigenvalue weighted by Gasteiger charge is 2.14. The molecule has 0 aliphatic carbocycles. The Morgan fingerprint density at radius 3 is 2.68 bits per heavy atom. The Labute approximate surface area is 127 Å². The van der Waals surface area contributed by atoms with E-state index in [1.807, 2.05) is 13.8 Å². The molecule has 0 fully saturated rings. The minimum absolute atomic E-state index is 0.0867. The van der Waals surface area contributed by atoms with E-state index in [2.05, 4.69) is 11.6 Å². The molecule has 0 bridgehead atoms. The zero-order valence-electron chi connectivity index (χ0n) is 12.4. The number of oxazole rings is 1. The summed E-state index contributed by atoms with van der Waals surface area (Å²) in [5, 5.41) is 9.67.